The summed E-state index contributed by atoms with van der Waals surface area (Å²) in [5.74, 6) is 1.02. The molecular formula is C14H23NO3. The number of rotatable bonds is 5. The third-order valence-electron chi connectivity index (χ3n) is 3.54. The highest BCUT2D eigenvalue weighted by molar-refractivity contribution is 5.05. The predicted molar refractivity (Wildman–Crippen MR) is 69.4 cm³/mol. The van der Waals surface area contributed by atoms with Crippen LogP contribution in [0.25, 0.3) is 0 Å². The molecule has 2 atom stereocenters. The molecule has 0 aromatic carbocycles. The first-order valence-corrected chi connectivity index (χ1v) is 6.75. The van der Waals surface area contributed by atoms with Crippen molar-refractivity contribution in [2.24, 2.45) is 0 Å². The van der Waals surface area contributed by atoms with Gasteiger partial charge in [-0.3, -0.25) is 4.90 Å². The number of ether oxygens (including phenoxy) is 1. The van der Waals surface area contributed by atoms with E-state index in [1.807, 2.05) is 12.1 Å². The molecule has 4 nitrogen and oxygen atoms in total. The van der Waals surface area contributed by atoms with Crippen LogP contribution in [0.4, 0.5) is 0 Å². The van der Waals surface area contributed by atoms with Crippen molar-refractivity contribution < 1.29 is 14.3 Å². The molecule has 18 heavy (non-hydrogen) atoms. The van der Waals surface area contributed by atoms with E-state index in [0.29, 0.717) is 19.2 Å². The Morgan fingerprint density at radius 2 is 2.39 bits per heavy atom. The van der Waals surface area contributed by atoms with Crippen molar-refractivity contribution >= 4 is 0 Å². The van der Waals surface area contributed by atoms with Crippen LogP contribution in [0, 0.1) is 0 Å². The molecule has 0 radical (unpaired) electrons. The minimum Gasteiger partial charge on any atom is -0.468 e. The summed E-state index contributed by atoms with van der Waals surface area (Å²) in [4.78, 5) is 2.33. The zero-order valence-corrected chi connectivity index (χ0v) is 11.0. The van der Waals surface area contributed by atoms with Crippen LogP contribution >= 0.6 is 0 Å². The van der Waals surface area contributed by atoms with Crippen LogP contribution in [0.5, 0.6) is 0 Å². The highest BCUT2D eigenvalue weighted by Crippen LogP contribution is 2.30. The molecule has 1 aromatic rings. The molecule has 1 aromatic heterocycles. The average molecular weight is 253 g/mol. The SMILES string of the molecule is COCC(O)CN1CCCCCC1c1ccco1. The highest BCUT2D eigenvalue weighted by atomic mass is 16.5. The van der Waals surface area contributed by atoms with E-state index in [0.717, 1.165) is 18.7 Å². The van der Waals surface area contributed by atoms with E-state index in [-0.39, 0.29) is 0 Å². The maximum atomic E-state index is 9.91. The van der Waals surface area contributed by atoms with Crippen LogP contribution in [0.15, 0.2) is 22.8 Å². The van der Waals surface area contributed by atoms with Crippen LogP contribution < -0.4 is 0 Å². The molecule has 0 spiro atoms. The van der Waals surface area contributed by atoms with Crippen molar-refractivity contribution in [3.05, 3.63) is 24.2 Å². The third-order valence-corrected chi connectivity index (χ3v) is 3.54. The first-order valence-electron chi connectivity index (χ1n) is 6.75. The van der Waals surface area contributed by atoms with E-state index in [1.165, 1.54) is 19.3 Å². The maximum absolute atomic E-state index is 9.91. The van der Waals surface area contributed by atoms with Gasteiger partial charge in [-0.15, -0.1) is 0 Å². The Hall–Kier alpha value is -0.840. The van der Waals surface area contributed by atoms with Gasteiger partial charge >= 0.3 is 0 Å². The quantitative estimate of drug-likeness (QED) is 0.874. The van der Waals surface area contributed by atoms with Crippen molar-refractivity contribution in [2.45, 2.75) is 37.8 Å². The number of furan rings is 1. The molecule has 102 valence electrons. The van der Waals surface area contributed by atoms with E-state index in [1.54, 1.807) is 13.4 Å². The van der Waals surface area contributed by atoms with Gasteiger partial charge in [0, 0.05) is 13.7 Å². The topological polar surface area (TPSA) is 45.8 Å². The summed E-state index contributed by atoms with van der Waals surface area (Å²) in [5, 5.41) is 9.91. The smallest absolute Gasteiger partial charge is 0.120 e. The number of nitrogens with zero attached hydrogens (tertiary/aromatic N) is 1. The summed E-state index contributed by atoms with van der Waals surface area (Å²) in [6.45, 7) is 2.06. The van der Waals surface area contributed by atoms with E-state index in [2.05, 4.69) is 4.90 Å². The van der Waals surface area contributed by atoms with Gasteiger partial charge in [-0.2, -0.15) is 0 Å². The van der Waals surface area contributed by atoms with Gasteiger partial charge in [-0.05, 0) is 31.5 Å². The van der Waals surface area contributed by atoms with Gasteiger partial charge in [0.05, 0.1) is 25.0 Å². The van der Waals surface area contributed by atoms with Gasteiger partial charge in [0.2, 0.25) is 0 Å². The largest absolute Gasteiger partial charge is 0.468 e. The molecule has 1 fully saturated rings. The number of β-amino-alcohol motifs (C(OH)–C–C–N with tert-alkyl or cyclic N) is 1. The average Bonchev–Trinajstić information content (AvgIpc) is 2.78. The summed E-state index contributed by atoms with van der Waals surface area (Å²) in [5.41, 5.74) is 0. The van der Waals surface area contributed by atoms with E-state index in [9.17, 15) is 5.11 Å². The summed E-state index contributed by atoms with van der Waals surface area (Å²) in [7, 11) is 1.62. The number of likely N-dealkylation sites (tertiary alicyclic amines) is 1. The zero-order valence-electron chi connectivity index (χ0n) is 11.0. The molecule has 0 amide bonds. The lowest BCUT2D eigenvalue weighted by molar-refractivity contribution is 0.0241. The summed E-state index contributed by atoms with van der Waals surface area (Å²) >= 11 is 0. The first kappa shape index (κ1) is 13.6. The Balaban J connectivity index is 2.02. The summed E-state index contributed by atoms with van der Waals surface area (Å²) in [6.07, 6.45) is 6.08. The Morgan fingerprint density at radius 3 is 3.11 bits per heavy atom. The Morgan fingerprint density at radius 1 is 1.50 bits per heavy atom. The molecule has 1 aliphatic rings. The van der Waals surface area contributed by atoms with Crippen LogP contribution in [0.1, 0.15) is 37.5 Å². The summed E-state index contributed by atoms with van der Waals surface area (Å²) < 4.78 is 10.5. The molecule has 4 heteroatoms. The number of aliphatic hydroxyl groups excluding tert-OH is 1. The fraction of sp³-hybridized carbons (Fsp3) is 0.714. The highest BCUT2D eigenvalue weighted by Gasteiger charge is 2.26. The lowest BCUT2D eigenvalue weighted by Gasteiger charge is -2.30. The van der Waals surface area contributed by atoms with Gasteiger partial charge in [0.25, 0.3) is 0 Å². The second-order valence-electron chi connectivity index (χ2n) is 4.98. The van der Waals surface area contributed by atoms with Crippen molar-refractivity contribution in [3.8, 4) is 0 Å². The minimum absolute atomic E-state index is 0.300. The molecule has 0 aliphatic carbocycles. The maximum Gasteiger partial charge on any atom is 0.120 e. The monoisotopic (exact) mass is 253 g/mol. The van der Waals surface area contributed by atoms with E-state index >= 15 is 0 Å². The van der Waals surface area contributed by atoms with Gasteiger partial charge < -0.3 is 14.3 Å². The lowest BCUT2D eigenvalue weighted by Crippen LogP contribution is -2.37. The van der Waals surface area contributed by atoms with E-state index in [4.69, 9.17) is 9.15 Å². The molecule has 2 rings (SSSR count). The first-order chi connectivity index (χ1) is 8.81. The Labute approximate surface area is 109 Å². The third kappa shape index (κ3) is 3.57. The Bertz CT molecular complexity index is 326. The molecular weight excluding hydrogens is 230 g/mol. The fourth-order valence-corrected chi connectivity index (χ4v) is 2.71. The van der Waals surface area contributed by atoms with Gasteiger partial charge in [0.15, 0.2) is 0 Å². The zero-order chi connectivity index (χ0) is 12.8. The normalized spacial score (nSPS) is 23.8. The van der Waals surface area contributed by atoms with Crippen LogP contribution in [-0.2, 0) is 4.74 Å². The molecule has 1 N–H and O–H groups in total. The molecule has 2 heterocycles. The lowest BCUT2D eigenvalue weighted by atomic mass is 10.1. The molecule has 1 saturated heterocycles. The number of methoxy groups -OCH3 is 1. The van der Waals surface area contributed by atoms with Gasteiger partial charge in [-0.25, -0.2) is 0 Å². The van der Waals surface area contributed by atoms with Gasteiger partial charge in [-0.1, -0.05) is 12.8 Å². The number of aliphatic hydroxyl groups is 1. The fourth-order valence-electron chi connectivity index (χ4n) is 2.71. The predicted octanol–water partition coefficient (Wildman–Crippen LogP) is 2.20. The molecule has 1 aliphatic heterocycles. The molecule has 0 bridgehead atoms. The van der Waals surface area contributed by atoms with Crippen LogP contribution in [-0.4, -0.2) is 42.9 Å². The second-order valence-corrected chi connectivity index (χ2v) is 4.98. The number of hydrogen-bond acceptors (Lipinski definition) is 4. The van der Waals surface area contributed by atoms with Crippen molar-refractivity contribution in [3.63, 3.8) is 0 Å². The van der Waals surface area contributed by atoms with E-state index < -0.39 is 6.10 Å². The molecule has 2 unspecified atom stereocenters. The molecule has 0 saturated carbocycles. The standard InChI is InChI=1S/C14H23NO3/c1-17-11-12(16)10-15-8-4-2-3-6-13(15)14-7-5-9-18-14/h5,7,9,12-13,16H,2-4,6,8,10-11H2,1H3. The van der Waals surface area contributed by atoms with Crippen molar-refractivity contribution in [1.29, 1.82) is 0 Å². The van der Waals surface area contributed by atoms with Crippen molar-refractivity contribution in [2.75, 3.05) is 26.8 Å². The van der Waals surface area contributed by atoms with Crippen LogP contribution in [0.2, 0.25) is 0 Å². The summed E-state index contributed by atoms with van der Waals surface area (Å²) in [6, 6.07) is 4.27. The van der Waals surface area contributed by atoms with Gasteiger partial charge in [0.1, 0.15) is 5.76 Å². The van der Waals surface area contributed by atoms with Crippen molar-refractivity contribution in [1.82, 2.24) is 4.90 Å². The van der Waals surface area contributed by atoms with Crippen LogP contribution in [0.3, 0.4) is 0 Å². The number of hydrogen-bond donors (Lipinski definition) is 1. The second kappa shape index (κ2) is 6.92. The Kier molecular flexibility index (Phi) is 5.23. The minimum atomic E-state index is -0.425.